The van der Waals surface area contributed by atoms with Crippen molar-refractivity contribution in [2.75, 3.05) is 12.0 Å². The average Bonchev–Trinajstić information content (AvgIpc) is 1.99. The van der Waals surface area contributed by atoms with Crippen LogP contribution in [0.3, 0.4) is 0 Å². The van der Waals surface area contributed by atoms with Crippen molar-refractivity contribution in [3.63, 3.8) is 0 Å². The molecule has 0 aromatic carbocycles. The molecule has 0 heterocycles. The van der Waals surface area contributed by atoms with E-state index in [1.165, 1.54) is 18.7 Å². The molecule has 0 aromatic heterocycles. The second kappa shape index (κ2) is 4.47. The van der Waals surface area contributed by atoms with Gasteiger partial charge in [0.1, 0.15) is 0 Å². The number of carboxylic acid groups (broad SMARTS) is 1. The van der Waals surface area contributed by atoms with Gasteiger partial charge in [0.2, 0.25) is 0 Å². The Morgan fingerprint density at radius 1 is 1.58 bits per heavy atom. The number of rotatable bonds is 5. The third-order valence-electron chi connectivity index (χ3n) is 1.71. The Kier molecular flexibility index (Phi) is 4.26. The second-order valence-electron chi connectivity index (χ2n) is 2.58. The fourth-order valence-electron chi connectivity index (χ4n) is 0.697. The summed E-state index contributed by atoms with van der Waals surface area (Å²) in [5, 5.41) is 8.67. The van der Waals surface area contributed by atoms with Crippen molar-refractivity contribution < 1.29 is 14.7 Å². The SMILES string of the molecule is CSCCC(N)(C(C)=O)C(=O)O. The second-order valence-corrected chi connectivity index (χ2v) is 3.56. The lowest BCUT2D eigenvalue weighted by atomic mass is 9.93. The van der Waals surface area contributed by atoms with Crippen LogP contribution in [0.25, 0.3) is 0 Å². The van der Waals surface area contributed by atoms with Crippen LogP contribution in [0, 0.1) is 0 Å². The van der Waals surface area contributed by atoms with Gasteiger partial charge in [-0.2, -0.15) is 11.8 Å². The van der Waals surface area contributed by atoms with Crippen LogP contribution >= 0.6 is 11.8 Å². The van der Waals surface area contributed by atoms with E-state index >= 15 is 0 Å². The highest BCUT2D eigenvalue weighted by Gasteiger charge is 2.38. The zero-order valence-corrected chi connectivity index (χ0v) is 7.98. The van der Waals surface area contributed by atoms with Crippen molar-refractivity contribution in [2.45, 2.75) is 18.9 Å². The molecule has 0 aromatic rings. The Balaban J connectivity index is 4.40. The molecule has 1 unspecified atom stereocenters. The summed E-state index contributed by atoms with van der Waals surface area (Å²) in [6, 6.07) is 0. The minimum atomic E-state index is -1.69. The summed E-state index contributed by atoms with van der Waals surface area (Å²) >= 11 is 1.47. The number of hydrogen-bond donors (Lipinski definition) is 2. The maximum absolute atomic E-state index is 10.9. The number of Topliss-reactive ketones (excluding diaryl/α,β-unsaturated/α-hetero) is 1. The summed E-state index contributed by atoms with van der Waals surface area (Å²) in [7, 11) is 0. The molecule has 0 saturated carbocycles. The van der Waals surface area contributed by atoms with Crippen molar-refractivity contribution >= 4 is 23.5 Å². The lowest BCUT2D eigenvalue weighted by Gasteiger charge is -2.20. The minimum Gasteiger partial charge on any atom is -0.480 e. The lowest BCUT2D eigenvalue weighted by molar-refractivity contribution is -0.147. The molecule has 0 amide bonds. The fraction of sp³-hybridized carbons (Fsp3) is 0.714. The van der Waals surface area contributed by atoms with Gasteiger partial charge in [-0.1, -0.05) is 0 Å². The van der Waals surface area contributed by atoms with Crippen LogP contribution in [0.2, 0.25) is 0 Å². The minimum absolute atomic E-state index is 0.179. The molecule has 12 heavy (non-hydrogen) atoms. The first kappa shape index (κ1) is 11.4. The number of nitrogens with two attached hydrogens (primary N) is 1. The molecular formula is C7H13NO3S. The lowest BCUT2D eigenvalue weighted by Crippen LogP contribution is -2.54. The van der Waals surface area contributed by atoms with E-state index in [9.17, 15) is 9.59 Å². The standard InChI is InChI=1S/C7H13NO3S/c1-5(9)7(8,6(10)11)3-4-12-2/h3-4,8H2,1-2H3,(H,10,11). The van der Waals surface area contributed by atoms with Crippen molar-refractivity contribution in [3.8, 4) is 0 Å². The molecule has 4 nitrogen and oxygen atoms in total. The molecule has 0 bridgehead atoms. The van der Waals surface area contributed by atoms with Crippen LogP contribution in [0.4, 0.5) is 0 Å². The van der Waals surface area contributed by atoms with Gasteiger partial charge in [-0.25, -0.2) is 4.79 Å². The molecule has 0 rings (SSSR count). The van der Waals surface area contributed by atoms with E-state index in [1.807, 2.05) is 6.26 Å². The van der Waals surface area contributed by atoms with Crippen molar-refractivity contribution in [1.82, 2.24) is 0 Å². The van der Waals surface area contributed by atoms with Gasteiger partial charge in [0.25, 0.3) is 0 Å². The Labute approximate surface area is 75.5 Å². The number of aliphatic carboxylic acids is 1. The predicted octanol–water partition coefficient (Wildman–Crippen LogP) is 0.111. The molecule has 70 valence electrons. The van der Waals surface area contributed by atoms with Crippen LogP contribution in [-0.2, 0) is 9.59 Å². The molecule has 0 spiro atoms. The van der Waals surface area contributed by atoms with E-state index in [1.54, 1.807) is 0 Å². The molecule has 0 radical (unpaired) electrons. The highest BCUT2D eigenvalue weighted by molar-refractivity contribution is 7.98. The van der Waals surface area contributed by atoms with E-state index in [2.05, 4.69) is 0 Å². The van der Waals surface area contributed by atoms with Crippen LogP contribution in [0.5, 0.6) is 0 Å². The monoisotopic (exact) mass is 191 g/mol. The van der Waals surface area contributed by atoms with Crippen molar-refractivity contribution in [2.24, 2.45) is 5.73 Å². The number of carboxylic acids is 1. The van der Waals surface area contributed by atoms with Crippen molar-refractivity contribution in [3.05, 3.63) is 0 Å². The van der Waals surface area contributed by atoms with Crippen LogP contribution in [0.1, 0.15) is 13.3 Å². The molecular weight excluding hydrogens is 178 g/mol. The Hall–Kier alpha value is -0.550. The summed E-state index contributed by atoms with van der Waals surface area (Å²) in [6.07, 6.45) is 2.02. The first-order valence-electron chi connectivity index (χ1n) is 3.47. The summed E-state index contributed by atoms with van der Waals surface area (Å²) < 4.78 is 0. The Morgan fingerprint density at radius 3 is 2.33 bits per heavy atom. The van der Waals surface area contributed by atoms with Crippen molar-refractivity contribution in [1.29, 1.82) is 0 Å². The normalized spacial score (nSPS) is 15.2. The molecule has 0 saturated heterocycles. The highest BCUT2D eigenvalue weighted by atomic mass is 32.2. The van der Waals surface area contributed by atoms with E-state index in [-0.39, 0.29) is 6.42 Å². The maximum Gasteiger partial charge on any atom is 0.331 e. The van der Waals surface area contributed by atoms with Crippen LogP contribution in [-0.4, -0.2) is 34.4 Å². The zero-order chi connectivity index (χ0) is 9.78. The number of carbonyl (C=O) groups is 2. The highest BCUT2D eigenvalue weighted by Crippen LogP contribution is 2.12. The largest absolute Gasteiger partial charge is 0.480 e. The summed E-state index contributed by atoms with van der Waals surface area (Å²) in [6.45, 7) is 1.20. The average molecular weight is 191 g/mol. The quantitative estimate of drug-likeness (QED) is 0.603. The number of ketones is 1. The van der Waals surface area contributed by atoms with Gasteiger partial charge in [0.05, 0.1) is 0 Å². The first-order chi connectivity index (χ1) is 5.45. The Bertz CT molecular complexity index is 179. The van der Waals surface area contributed by atoms with Gasteiger partial charge < -0.3 is 10.8 Å². The van der Waals surface area contributed by atoms with Crippen LogP contribution in [0.15, 0.2) is 0 Å². The topological polar surface area (TPSA) is 80.4 Å². The third kappa shape index (κ3) is 2.49. The molecule has 0 aliphatic heterocycles. The first-order valence-corrected chi connectivity index (χ1v) is 4.86. The van der Waals surface area contributed by atoms with E-state index in [0.717, 1.165) is 0 Å². The molecule has 3 N–H and O–H groups in total. The Morgan fingerprint density at radius 2 is 2.08 bits per heavy atom. The van der Waals surface area contributed by atoms with Gasteiger partial charge in [-0.15, -0.1) is 0 Å². The molecule has 0 aliphatic carbocycles. The molecule has 5 heteroatoms. The summed E-state index contributed by atoms with van der Waals surface area (Å²) in [5.74, 6) is -1.17. The summed E-state index contributed by atoms with van der Waals surface area (Å²) in [5.41, 5.74) is 3.72. The fourth-order valence-corrected chi connectivity index (χ4v) is 1.22. The number of carbonyl (C=O) groups excluding carboxylic acids is 1. The van der Waals surface area contributed by atoms with E-state index in [0.29, 0.717) is 5.75 Å². The van der Waals surface area contributed by atoms with Gasteiger partial charge in [-0.05, 0) is 25.4 Å². The zero-order valence-electron chi connectivity index (χ0n) is 7.16. The predicted molar refractivity (Wildman–Crippen MR) is 48.2 cm³/mol. The molecule has 1 atom stereocenters. The third-order valence-corrected chi connectivity index (χ3v) is 2.32. The number of hydrogen-bond acceptors (Lipinski definition) is 4. The van der Waals surface area contributed by atoms with E-state index in [4.69, 9.17) is 10.8 Å². The van der Waals surface area contributed by atoms with Gasteiger partial charge in [-0.3, -0.25) is 4.79 Å². The molecule has 0 fully saturated rings. The molecule has 0 aliphatic rings. The van der Waals surface area contributed by atoms with E-state index < -0.39 is 17.3 Å². The maximum atomic E-state index is 10.9. The van der Waals surface area contributed by atoms with Gasteiger partial charge in [0, 0.05) is 0 Å². The smallest absolute Gasteiger partial charge is 0.331 e. The van der Waals surface area contributed by atoms with Crippen LogP contribution < -0.4 is 5.73 Å². The number of thioether (sulfide) groups is 1. The van der Waals surface area contributed by atoms with Gasteiger partial charge in [0.15, 0.2) is 11.3 Å². The van der Waals surface area contributed by atoms with Gasteiger partial charge >= 0.3 is 5.97 Å². The summed E-state index contributed by atoms with van der Waals surface area (Å²) in [4.78, 5) is 21.5.